The average Bonchev–Trinajstić information content (AvgIpc) is 2.01. The number of benzene rings is 1. The van der Waals surface area contributed by atoms with Gasteiger partial charge in [0.25, 0.3) is 0 Å². The second-order valence-electron chi connectivity index (χ2n) is 4.28. The van der Waals surface area contributed by atoms with Crippen LogP contribution >= 0.6 is 23.2 Å². The summed E-state index contributed by atoms with van der Waals surface area (Å²) in [7, 11) is 0. The van der Waals surface area contributed by atoms with E-state index in [9.17, 15) is 0 Å². The zero-order valence-corrected chi connectivity index (χ0v) is 9.65. The summed E-state index contributed by atoms with van der Waals surface area (Å²) in [6, 6.07) is 7.72. The highest BCUT2D eigenvalue weighted by Gasteiger charge is 2.23. The first-order valence-electron chi connectivity index (χ1n) is 4.31. The highest BCUT2D eigenvalue weighted by Crippen LogP contribution is 2.38. The summed E-state index contributed by atoms with van der Waals surface area (Å²) in [6.07, 6.45) is 0. The molecule has 13 heavy (non-hydrogen) atoms. The first-order chi connectivity index (χ1) is 5.91. The number of hydrogen-bond acceptors (Lipinski definition) is 0. The van der Waals surface area contributed by atoms with E-state index in [4.69, 9.17) is 23.2 Å². The van der Waals surface area contributed by atoms with Gasteiger partial charge in [-0.15, -0.1) is 11.6 Å². The van der Waals surface area contributed by atoms with E-state index in [1.165, 1.54) is 0 Å². The molecule has 0 aliphatic carbocycles. The Morgan fingerprint density at radius 3 is 2.31 bits per heavy atom. The van der Waals surface area contributed by atoms with Crippen LogP contribution in [0.4, 0.5) is 0 Å². The van der Waals surface area contributed by atoms with E-state index >= 15 is 0 Å². The Morgan fingerprint density at radius 1 is 1.23 bits per heavy atom. The van der Waals surface area contributed by atoms with Crippen molar-refractivity contribution in [2.75, 3.05) is 0 Å². The minimum Gasteiger partial charge on any atom is -0.117 e. The maximum absolute atomic E-state index is 6.30. The lowest BCUT2D eigenvalue weighted by Gasteiger charge is -2.25. The van der Waals surface area contributed by atoms with Gasteiger partial charge in [-0.2, -0.15) is 0 Å². The van der Waals surface area contributed by atoms with Crippen LogP contribution < -0.4 is 0 Å². The smallest absolute Gasteiger partial charge is 0.0634 e. The first-order valence-corrected chi connectivity index (χ1v) is 5.12. The molecule has 2 heteroatoms. The number of rotatable bonds is 1. The van der Waals surface area contributed by atoms with Crippen LogP contribution in [0.1, 0.15) is 31.7 Å². The van der Waals surface area contributed by atoms with Gasteiger partial charge in [-0.1, -0.05) is 44.5 Å². The number of alkyl halides is 1. The highest BCUT2D eigenvalue weighted by atomic mass is 35.5. The predicted octanol–water partition coefficient (Wildman–Crippen LogP) is 4.67. The van der Waals surface area contributed by atoms with Gasteiger partial charge in [0.15, 0.2) is 0 Å². The van der Waals surface area contributed by atoms with Gasteiger partial charge < -0.3 is 0 Å². The zero-order valence-electron chi connectivity index (χ0n) is 8.14. The summed E-state index contributed by atoms with van der Waals surface area (Å²) >= 11 is 12.2. The minimum absolute atomic E-state index is 0.00574. The highest BCUT2D eigenvalue weighted by molar-refractivity contribution is 6.30. The molecule has 1 unspecified atom stereocenters. The lowest BCUT2D eigenvalue weighted by atomic mass is 9.87. The summed E-state index contributed by atoms with van der Waals surface area (Å²) in [5.41, 5.74) is 1.15. The van der Waals surface area contributed by atoms with Crippen molar-refractivity contribution >= 4 is 23.2 Å². The Balaban J connectivity index is 2.96. The number of halogens is 2. The third-order valence-electron chi connectivity index (χ3n) is 1.90. The van der Waals surface area contributed by atoms with Crippen LogP contribution in [0.25, 0.3) is 0 Å². The monoisotopic (exact) mass is 216 g/mol. The zero-order chi connectivity index (χ0) is 10.1. The van der Waals surface area contributed by atoms with Gasteiger partial charge in [0.2, 0.25) is 0 Å². The summed E-state index contributed by atoms with van der Waals surface area (Å²) in [4.78, 5) is 0. The van der Waals surface area contributed by atoms with Crippen molar-refractivity contribution in [2.45, 2.75) is 26.1 Å². The Kier molecular flexibility index (Phi) is 3.26. The first kappa shape index (κ1) is 10.9. The molecule has 0 bridgehead atoms. The van der Waals surface area contributed by atoms with E-state index in [0.29, 0.717) is 0 Å². The summed E-state index contributed by atoms with van der Waals surface area (Å²) in [5.74, 6) is 0. The van der Waals surface area contributed by atoms with E-state index in [-0.39, 0.29) is 10.8 Å². The van der Waals surface area contributed by atoms with Gasteiger partial charge in [-0.25, -0.2) is 0 Å². The van der Waals surface area contributed by atoms with Crippen LogP contribution in [0.5, 0.6) is 0 Å². The SMILES string of the molecule is CC(C)(C)C(Cl)c1cccc(Cl)c1. The van der Waals surface area contributed by atoms with Crippen molar-refractivity contribution in [3.63, 3.8) is 0 Å². The molecule has 0 radical (unpaired) electrons. The fourth-order valence-corrected chi connectivity index (χ4v) is 1.50. The largest absolute Gasteiger partial charge is 0.117 e. The minimum atomic E-state index is 0.00574. The van der Waals surface area contributed by atoms with Gasteiger partial charge in [-0.05, 0) is 23.1 Å². The van der Waals surface area contributed by atoms with E-state index in [1.54, 1.807) is 0 Å². The van der Waals surface area contributed by atoms with Gasteiger partial charge >= 0.3 is 0 Å². The molecule has 0 saturated heterocycles. The lowest BCUT2D eigenvalue weighted by Crippen LogP contribution is -2.12. The molecule has 0 heterocycles. The lowest BCUT2D eigenvalue weighted by molar-refractivity contribution is 0.396. The maximum Gasteiger partial charge on any atom is 0.0634 e. The van der Waals surface area contributed by atoms with Crippen LogP contribution in [0.3, 0.4) is 0 Å². The Hall–Kier alpha value is -0.200. The van der Waals surface area contributed by atoms with E-state index in [0.717, 1.165) is 10.6 Å². The van der Waals surface area contributed by atoms with Crippen LogP contribution in [0.15, 0.2) is 24.3 Å². The van der Waals surface area contributed by atoms with Crippen molar-refractivity contribution < 1.29 is 0 Å². The molecule has 1 atom stereocenters. The Morgan fingerprint density at radius 2 is 1.85 bits per heavy atom. The molecule has 0 N–H and O–H groups in total. The van der Waals surface area contributed by atoms with Crippen molar-refractivity contribution in [1.82, 2.24) is 0 Å². The fraction of sp³-hybridized carbons (Fsp3) is 0.455. The van der Waals surface area contributed by atoms with Crippen molar-refractivity contribution in [1.29, 1.82) is 0 Å². The topological polar surface area (TPSA) is 0 Å². The molecule has 0 nitrogen and oxygen atoms in total. The van der Waals surface area contributed by atoms with Gasteiger partial charge in [0.1, 0.15) is 0 Å². The molecular weight excluding hydrogens is 203 g/mol. The molecule has 0 fully saturated rings. The molecule has 0 amide bonds. The third-order valence-corrected chi connectivity index (χ3v) is 3.04. The van der Waals surface area contributed by atoms with E-state index < -0.39 is 0 Å². The van der Waals surface area contributed by atoms with Gasteiger partial charge in [-0.3, -0.25) is 0 Å². The van der Waals surface area contributed by atoms with Crippen molar-refractivity contribution in [2.24, 2.45) is 5.41 Å². The fourth-order valence-electron chi connectivity index (χ4n) is 1.16. The second-order valence-corrected chi connectivity index (χ2v) is 5.16. The molecule has 0 spiro atoms. The second kappa shape index (κ2) is 3.89. The van der Waals surface area contributed by atoms with Gasteiger partial charge in [0, 0.05) is 5.02 Å². The molecular formula is C11H14Cl2. The predicted molar refractivity (Wildman–Crippen MR) is 59.5 cm³/mol. The van der Waals surface area contributed by atoms with Crippen LogP contribution in [0.2, 0.25) is 5.02 Å². The van der Waals surface area contributed by atoms with E-state index in [1.807, 2.05) is 24.3 Å². The summed E-state index contributed by atoms with van der Waals surface area (Å²) < 4.78 is 0. The van der Waals surface area contributed by atoms with Crippen molar-refractivity contribution in [3.05, 3.63) is 34.9 Å². The summed E-state index contributed by atoms with van der Waals surface area (Å²) in [5, 5.41) is 0.749. The van der Waals surface area contributed by atoms with Crippen LogP contribution in [-0.2, 0) is 0 Å². The van der Waals surface area contributed by atoms with Crippen molar-refractivity contribution in [3.8, 4) is 0 Å². The molecule has 72 valence electrons. The third kappa shape index (κ3) is 2.89. The number of hydrogen-bond donors (Lipinski definition) is 0. The molecule has 1 aromatic carbocycles. The summed E-state index contributed by atoms with van der Waals surface area (Å²) in [6.45, 7) is 6.35. The standard InChI is InChI=1S/C11H14Cl2/c1-11(2,3)10(13)8-5-4-6-9(12)7-8/h4-7,10H,1-3H3. The Bertz CT molecular complexity index is 286. The molecule has 0 saturated carbocycles. The maximum atomic E-state index is 6.30. The Labute approximate surface area is 89.9 Å². The quantitative estimate of drug-likeness (QED) is 0.600. The molecule has 1 aromatic rings. The normalized spacial score (nSPS) is 14.2. The van der Waals surface area contributed by atoms with Crippen LogP contribution in [-0.4, -0.2) is 0 Å². The molecule has 1 rings (SSSR count). The molecule has 0 aliphatic rings. The average molecular weight is 217 g/mol. The van der Waals surface area contributed by atoms with Crippen LogP contribution in [0, 0.1) is 5.41 Å². The van der Waals surface area contributed by atoms with E-state index in [2.05, 4.69) is 20.8 Å². The molecule has 0 aliphatic heterocycles. The molecule has 0 aromatic heterocycles. The van der Waals surface area contributed by atoms with Gasteiger partial charge in [0.05, 0.1) is 5.38 Å².